The third kappa shape index (κ3) is 9.30. The van der Waals surface area contributed by atoms with E-state index in [4.69, 9.17) is 26.1 Å². The Balaban J connectivity index is 0. The van der Waals surface area contributed by atoms with E-state index >= 15 is 0 Å². The fourth-order valence-corrected chi connectivity index (χ4v) is 2.53. The Labute approximate surface area is 151 Å². The molecule has 15 heteroatoms. The van der Waals surface area contributed by atoms with Crippen molar-refractivity contribution in [2.24, 2.45) is 15.3 Å². The molecule has 0 radical (unpaired) electrons. The predicted octanol–water partition coefficient (Wildman–Crippen LogP) is 2.69. The lowest BCUT2D eigenvalue weighted by Gasteiger charge is -2.10. The van der Waals surface area contributed by atoms with Crippen LogP contribution in [0.15, 0.2) is 15.3 Å². The van der Waals surface area contributed by atoms with Gasteiger partial charge in [0.05, 0.1) is 50.8 Å². The van der Waals surface area contributed by atoms with Crippen LogP contribution >= 0.6 is 0 Å². The minimum Gasteiger partial charge on any atom is -0.381 e. The fraction of sp³-hybridized carbons (Fsp3) is 1.00. The number of nitrogens with zero attached hydrogens (tertiary/aromatic N) is 9. The lowest BCUT2D eigenvalue weighted by Crippen LogP contribution is -2.27. The Bertz CT molecular complexity index is 644. The highest BCUT2D eigenvalue weighted by atomic mass is 32.2. The van der Waals surface area contributed by atoms with E-state index in [1.807, 2.05) is 0 Å². The lowest BCUT2D eigenvalue weighted by molar-refractivity contribution is 0.145. The largest absolute Gasteiger partial charge is 0.381 e. The van der Waals surface area contributed by atoms with Gasteiger partial charge < -0.3 is 9.47 Å². The van der Waals surface area contributed by atoms with Crippen molar-refractivity contribution in [2.75, 3.05) is 32.7 Å². The molecule has 0 N–H and O–H groups in total. The smallest absolute Gasteiger partial charge is 0.264 e. The van der Waals surface area contributed by atoms with Gasteiger partial charge in [-0.3, -0.25) is 4.18 Å². The number of ether oxygens (including phenoxy) is 2. The first-order valence-electron chi connectivity index (χ1n) is 6.57. The minimum atomic E-state index is -3.52. The molecular formula is C11H23N9O5S. The molecule has 0 aromatic rings. The topological polar surface area (TPSA) is 208 Å². The van der Waals surface area contributed by atoms with Gasteiger partial charge >= 0.3 is 0 Å². The standard InChI is InChI=1S/C5H9N3O4S.C4H6N6O.2CH4/c1-13(9,10)12-5-3-11-2-4(5)7-8-6;5-9-7-3-1-11-2-4(3)8-10-6;;/h4-5H,2-3H2,1H3;3-4H,1-2H2;2*1H4/t4-,5-;3-,4+;;/m0.../s1. The van der Waals surface area contributed by atoms with Crippen LogP contribution in [0, 0.1) is 0 Å². The molecule has 0 aromatic carbocycles. The van der Waals surface area contributed by atoms with Crippen LogP contribution in [-0.4, -0.2) is 65.3 Å². The molecule has 2 fully saturated rings. The maximum Gasteiger partial charge on any atom is 0.264 e. The van der Waals surface area contributed by atoms with Crippen molar-refractivity contribution in [3.63, 3.8) is 0 Å². The summed E-state index contributed by atoms with van der Waals surface area (Å²) < 4.78 is 36.0. The van der Waals surface area contributed by atoms with E-state index in [-0.39, 0.29) is 40.2 Å². The molecule has 0 aromatic heterocycles. The van der Waals surface area contributed by atoms with E-state index in [1.54, 1.807) is 0 Å². The molecule has 2 aliphatic rings. The summed E-state index contributed by atoms with van der Waals surface area (Å²) in [5, 5.41) is 10.2. The molecule has 0 bridgehead atoms. The van der Waals surface area contributed by atoms with Gasteiger partial charge in [0.25, 0.3) is 10.1 Å². The molecule has 0 amide bonds. The van der Waals surface area contributed by atoms with Crippen molar-refractivity contribution in [1.82, 2.24) is 0 Å². The quantitative estimate of drug-likeness (QED) is 0.297. The second-order valence-electron chi connectivity index (χ2n) is 4.73. The molecule has 2 rings (SSSR count). The van der Waals surface area contributed by atoms with Crippen LogP contribution in [-0.2, 0) is 23.8 Å². The summed E-state index contributed by atoms with van der Waals surface area (Å²) in [6.45, 7) is 1.02. The summed E-state index contributed by atoms with van der Waals surface area (Å²) >= 11 is 0. The van der Waals surface area contributed by atoms with Gasteiger partial charge in [0.1, 0.15) is 6.10 Å². The van der Waals surface area contributed by atoms with Crippen LogP contribution in [0.5, 0.6) is 0 Å². The summed E-state index contributed by atoms with van der Waals surface area (Å²) in [6, 6.07) is -1.23. The number of rotatable bonds is 5. The zero-order valence-corrected chi connectivity index (χ0v) is 13.4. The van der Waals surface area contributed by atoms with Gasteiger partial charge in [-0.1, -0.05) is 30.2 Å². The average molecular weight is 393 g/mol. The van der Waals surface area contributed by atoms with Crippen molar-refractivity contribution < 1.29 is 22.1 Å². The van der Waals surface area contributed by atoms with Crippen LogP contribution < -0.4 is 0 Å². The summed E-state index contributed by atoms with van der Waals surface area (Å²) in [6.07, 6.45) is 0.254. The molecular weight excluding hydrogens is 370 g/mol. The Morgan fingerprint density at radius 1 is 0.846 bits per heavy atom. The molecule has 2 saturated heterocycles. The fourth-order valence-electron chi connectivity index (χ4n) is 1.90. The molecule has 26 heavy (non-hydrogen) atoms. The zero-order valence-electron chi connectivity index (χ0n) is 12.6. The van der Waals surface area contributed by atoms with E-state index in [9.17, 15) is 8.42 Å². The van der Waals surface area contributed by atoms with Gasteiger partial charge in [-0.2, -0.15) is 8.42 Å². The molecule has 148 valence electrons. The molecule has 2 aliphatic heterocycles. The van der Waals surface area contributed by atoms with E-state index in [0.29, 0.717) is 13.2 Å². The molecule has 0 unspecified atom stereocenters. The maximum absolute atomic E-state index is 10.7. The molecule has 0 saturated carbocycles. The normalized spacial score (nSPS) is 26.3. The van der Waals surface area contributed by atoms with Gasteiger partial charge in [-0.15, -0.1) is 0 Å². The second-order valence-corrected chi connectivity index (χ2v) is 6.33. The zero-order chi connectivity index (χ0) is 18.0. The number of hydrogen-bond donors (Lipinski definition) is 0. The first-order chi connectivity index (χ1) is 11.4. The van der Waals surface area contributed by atoms with Crippen molar-refractivity contribution in [3.05, 3.63) is 31.3 Å². The number of hydrogen-bond acceptors (Lipinski definition) is 8. The molecule has 14 nitrogen and oxygen atoms in total. The highest BCUT2D eigenvalue weighted by molar-refractivity contribution is 7.86. The van der Waals surface area contributed by atoms with E-state index < -0.39 is 22.3 Å². The Morgan fingerprint density at radius 2 is 1.23 bits per heavy atom. The highest BCUT2D eigenvalue weighted by Gasteiger charge is 2.31. The molecule has 0 spiro atoms. The van der Waals surface area contributed by atoms with Crippen LogP contribution in [0.4, 0.5) is 0 Å². The Kier molecular flexibility index (Phi) is 13.0. The summed E-state index contributed by atoms with van der Waals surface area (Å²) in [4.78, 5) is 7.79. The van der Waals surface area contributed by atoms with Crippen LogP contribution in [0.3, 0.4) is 0 Å². The van der Waals surface area contributed by atoms with Crippen LogP contribution in [0.2, 0.25) is 0 Å². The van der Waals surface area contributed by atoms with Crippen molar-refractivity contribution in [1.29, 1.82) is 0 Å². The van der Waals surface area contributed by atoms with Gasteiger partial charge in [-0.25, -0.2) is 0 Å². The summed E-state index contributed by atoms with van der Waals surface area (Å²) in [5.41, 5.74) is 24.3. The van der Waals surface area contributed by atoms with Crippen LogP contribution in [0.25, 0.3) is 31.3 Å². The van der Waals surface area contributed by atoms with Gasteiger partial charge in [0.2, 0.25) is 0 Å². The third-order valence-electron chi connectivity index (χ3n) is 2.92. The second kappa shape index (κ2) is 13.0. The monoisotopic (exact) mass is 393 g/mol. The van der Waals surface area contributed by atoms with Crippen molar-refractivity contribution in [2.45, 2.75) is 39.1 Å². The third-order valence-corrected chi connectivity index (χ3v) is 3.52. The van der Waals surface area contributed by atoms with E-state index in [0.717, 1.165) is 6.26 Å². The highest BCUT2D eigenvalue weighted by Crippen LogP contribution is 2.15. The maximum atomic E-state index is 10.7. The lowest BCUT2D eigenvalue weighted by atomic mass is 10.2. The van der Waals surface area contributed by atoms with Gasteiger partial charge in [0.15, 0.2) is 0 Å². The summed E-state index contributed by atoms with van der Waals surface area (Å²) in [7, 11) is -3.52. The average Bonchev–Trinajstić information content (AvgIpc) is 3.10. The first kappa shape index (κ1) is 26.0. The Hall–Kier alpha value is -2.24. The molecule has 2 heterocycles. The van der Waals surface area contributed by atoms with Gasteiger partial charge in [-0.05, 0) is 16.6 Å². The van der Waals surface area contributed by atoms with Gasteiger partial charge in [0, 0.05) is 14.7 Å². The van der Waals surface area contributed by atoms with Crippen molar-refractivity contribution >= 4 is 10.1 Å². The first-order valence-corrected chi connectivity index (χ1v) is 8.39. The van der Waals surface area contributed by atoms with E-state index in [2.05, 4.69) is 34.3 Å². The number of azide groups is 3. The summed E-state index contributed by atoms with van der Waals surface area (Å²) in [5.74, 6) is 0. The van der Waals surface area contributed by atoms with Crippen LogP contribution in [0.1, 0.15) is 14.9 Å². The minimum absolute atomic E-state index is 0. The SMILES string of the molecule is C.C.CS(=O)(=O)O[C@H]1COC[C@@H]1N=[N+]=[N-].[N-]=[N+]=N[C@H]1COC[C@H]1N=[N+]=[N-]. The van der Waals surface area contributed by atoms with E-state index in [1.165, 1.54) is 0 Å². The molecule has 0 aliphatic carbocycles. The van der Waals surface area contributed by atoms with Crippen molar-refractivity contribution in [3.8, 4) is 0 Å². The predicted molar refractivity (Wildman–Crippen MR) is 93.6 cm³/mol. The molecule has 4 atom stereocenters. The Morgan fingerprint density at radius 3 is 1.65 bits per heavy atom.